The van der Waals surface area contributed by atoms with Gasteiger partial charge in [-0.1, -0.05) is 122 Å². The molecule has 2 heterocycles. The Morgan fingerprint density at radius 3 is 1.31 bits per heavy atom. The Bertz CT molecular complexity index is 1270. The summed E-state index contributed by atoms with van der Waals surface area (Å²) in [6.07, 6.45) is 16.8. The third-order valence-electron chi connectivity index (χ3n) is 9.64. The van der Waals surface area contributed by atoms with E-state index in [9.17, 15) is 0 Å². The first kappa shape index (κ1) is 26.5. The van der Waals surface area contributed by atoms with E-state index in [1.807, 2.05) is 12.1 Å². The van der Waals surface area contributed by atoms with Crippen molar-refractivity contribution in [1.29, 1.82) is 0 Å². The normalized spacial score (nSPS) is 28.0. The fourth-order valence-electron chi connectivity index (χ4n) is 7.79. The third kappa shape index (κ3) is 5.62. The molecule has 39 heavy (non-hydrogen) atoms. The molecule has 5 heteroatoms. The van der Waals surface area contributed by atoms with Gasteiger partial charge in [-0.3, -0.25) is 0 Å². The summed E-state index contributed by atoms with van der Waals surface area (Å²) in [5.74, 6) is 4.92. The van der Waals surface area contributed by atoms with Gasteiger partial charge in [0.1, 0.15) is 0 Å². The zero-order chi connectivity index (χ0) is 25.3. The fourth-order valence-corrected chi connectivity index (χ4v) is 7.79. The molecule has 2 aromatic carbocycles. The first-order valence-electron chi connectivity index (χ1n) is 14.4. The number of aromatic nitrogens is 4. The van der Waals surface area contributed by atoms with E-state index in [4.69, 9.17) is 0 Å². The number of hydrogen-bond acceptors (Lipinski definition) is 4. The van der Waals surface area contributed by atoms with Gasteiger partial charge < -0.3 is 19.9 Å². The molecule has 8 rings (SSSR count). The summed E-state index contributed by atoms with van der Waals surface area (Å²) in [6, 6.07) is 25.0. The van der Waals surface area contributed by atoms with Gasteiger partial charge in [-0.25, -0.2) is 0 Å². The van der Waals surface area contributed by atoms with Crippen molar-refractivity contribution in [2.75, 3.05) is 0 Å². The average Bonchev–Trinajstić information content (AvgIpc) is 3.82. The molecule has 0 N–H and O–H groups in total. The average molecular weight is 691 g/mol. The van der Waals surface area contributed by atoms with Gasteiger partial charge in [-0.05, 0) is 59.7 Å². The van der Waals surface area contributed by atoms with Crippen LogP contribution in [0.3, 0.4) is 0 Å². The van der Waals surface area contributed by atoms with Gasteiger partial charge in [0.05, 0.1) is 0 Å². The van der Waals surface area contributed by atoms with Gasteiger partial charge in [0.2, 0.25) is 0 Å². The monoisotopic (exact) mass is 691 g/mol. The van der Waals surface area contributed by atoms with E-state index in [2.05, 4.69) is 93.3 Å². The van der Waals surface area contributed by atoms with Gasteiger partial charge in [-0.15, -0.1) is 12.1 Å². The topological polar surface area (TPSA) is 51.6 Å². The molecule has 0 saturated heterocycles. The van der Waals surface area contributed by atoms with Crippen molar-refractivity contribution in [1.82, 2.24) is 19.9 Å². The summed E-state index contributed by atoms with van der Waals surface area (Å²) in [4.78, 5) is 17.5. The second-order valence-electron chi connectivity index (χ2n) is 11.9. The molecule has 6 unspecified atom stereocenters. The maximum atomic E-state index is 4.43. The second kappa shape index (κ2) is 11.8. The Morgan fingerprint density at radius 1 is 0.513 bits per heavy atom. The van der Waals surface area contributed by atoms with Crippen molar-refractivity contribution >= 4 is 0 Å². The summed E-state index contributed by atoms with van der Waals surface area (Å²) >= 11 is 0. The van der Waals surface area contributed by atoms with Gasteiger partial charge >= 0.3 is 20.1 Å². The molecule has 4 fully saturated rings. The van der Waals surface area contributed by atoms with Crippen LogP contribution < -0.4 is 0 Å². The van der Waals surface area contributed by atoms with E-state index >= 15 is 0 Å². The molecule has 0 radical (unpaired) electrons. The largest absolute Gasteiger partial charge is 3.00 e. The summed E-state index contributed by atoms with van der Waals surface area (Å²) in [6.45, 7) is 0. The Hall–Kier alpha value is -2.75. The minimum atomic E-state index is 0. The molecule has 198 valence electrons. The molecule has 4 aliphatic carbocycles. The Labute approximate surface area is 245 Å². The minimum Gasteiger partial charge on any atom is -0.370 e. The van der Waals surface area contributed by atoms with Crippen LogP contribution in [0.15, 0.2) is 72.8 Å². The first-order chi connectivity index (χ1) is 18.8. The number of fused-ring (bicyclic) bond motifs is 4. The third-order valence-corrected chi connectivity index (χ3v) is 9.64. The Kier molecular flexibility index (Phi) is 7.99. The summed E-state index contributed by atoms with van der Waals surface area (Å²) in [5, 5.41) is 0. The quantitative estimate of drug-likeness (QED) is 0.206. The number of nitrogens with zero attached hydrogens (tertiary/aromatic N) is 4. The van der Waals surface area contributed by atoms with Crippen molar-refractivity contribution in [3.8, 4) is 22.5 Å². The Morgan fingerprint density at radius 2 is 0.949 bits per heavy atom. The molecule has 6 atom stereocenters. The van der Waals surface area contributed by atoms with Crippen molar-refractivity contribution in [3.63, 3.8) is 0 Å². The van der Waals surface area contributed by atoms with E-state index in [0.717, 1.165) is 46.2 Å². The molecule has 0 aliphatic heterocycles. The van der Waals surface area contributed by atoms with Crippen molar-refractivity contribution < 1.29 is 20.1 Å². The molecule has 0 amide bonds. The van der Waals surface area contributed by atoms with E-state index in [1.54, 1.807) is 0 Å². The molecule has 0 spiro atoms. The molecule has 4 bridgehead atoms. The Balaban J connectivity index is 0.000000138. The van der Waals surface area contributed by atoms with Crippen LogP contribution in [-0.2, 0) is 20.1 Å². The van der Waals surface area contributed by atoms with Crippen LogP contribution in [0.2, 0.25) is 0 Å². The van der Waals surface area contributed by atoms with Crippen LogP contribution in [0, 0.1) is 36.3 Å². The van der Waals surface area contributed by atoms with Crippen LogP contribution >= 0.6 is 0 Å². The van der Waals surface area contributed by atoms with Crippen LogP contribution in [0.4, 0.5) is 0 Å². The molecule has 4 saturated carbocycles. The van der Waals surface area contributed by atoms with Gasteiger partial charge in [0.25, 0.3) is 0 Å². The van der Waals surface area contributed by atoms with Gasteiger partial charge in [-0.2, -0.15) is 0 Å². The maximum Gasteiger partial charge on any atom is 3.00 e. The predicted molar refractivity (Wildman–Crippen MR) is 149 cm³/mol. The second-order valence-corrected chi connectivity index (χ2v) is 11.9. The van der Waals surface area contributed by atoms with Crippen molar-refractivity contribution in [2.45, 2.75) is 63.2 Å². The number of benzene rings is 2. The van der Waals surface area contributed by atoms with Crippen LogP contribution in [0.25, 0.3) is 22.5 Å². The van der Waals surface area contributed by atoms with Crippen LogP contribution in [0.1, 0.15) is 74.6 Å². The number of hydrogen-bond donors (Lipinski definition) is 0. The first-order valence-corrected chi connectivity index (χ1v) is 14.4. The fraction of sp³-hybridized carbons (Fsp3) is 0.412. The summed E-state index contributed by atoms with van der Waals surface area (Å²) in [5.41, 5.74) is 6.75. The standard InChI is InChI=1S/2C17H17N2.Ir/c2*1-2-4-13(5-3-1)16-10-17(19-11-18-16)15-9-12-6-7-14(15)8-12;/h2*1-5,10,12,14-15H,6-9H2;/q2*-1;+3. The summed E-state index contributed by atoms with van der Waals surface area (Å²) in [7, 11) is 0. The zero-order valence-corrected chi connectivity index (χ0v) is 24.6. The van der Waals surface area contributed by atoms with Gasteiger partial charge in [0.15, 0.2) is 0 Å². The smallest absolute Gasteiger partial charge is 0.370 e. The molecular formula is C34H34IrN4+. The molecule has 4 aromatic rings. The molecule has 2 aromatic heterocycles. The zero-order valence-electron chi connectivity index (χ0n) is 22.2. The molecule has 4 nitrogen and oxygen atoms in total. The maximum absolute atomic E-state index is 4.43. The summed E-state index contributed by atoms with van der Waals surface area (Å²) < 4.78 is 0. The van der Waals surface area contributed by atoms with Crippen LogP contribution in [-0.4, -0.2) is 19.9 Å². The number of rotatable bonds is 4. The van der Waals surface area contributed by atoms with E-state index in [1.165, 1.54) is 62.8 Å². The van der Waals surface area contributed by atoms with Crippen molar-refractivity contribution in [2.24, 2.45) is 23.7 Å². The molecular weight excluding hydrogens is 657 g/mol. The predicted octanol–water partition coefficient (Wildman–Crippen LogP) is 7.69. The van der Waals surface area contributed by atoms with E-state index in [-0.39, 0.29) is 20.1 Å². The van der Waals surface area contributed by atoms with Gasteiger partial charge in [0, 0.05) is 12.7 Å². The van der Waals surface area contributed by atoms with E-state index in [0.29, 0.717) is 11.8 Å². The minimum absolute atomic E-state index is 0. The SMILES string of the molecule is [Ir+3].[c-]1nc(-c2ccccc2)cc(C2CC3CCC2C3)n1.[c-]1nc(-c2ccccc2)cc(C2CC3CCC2C3)n1. The molecule has 4 aliphatic rings. The van der Waals surface area contributed by atoms with E-state index < -0.39 is 0 Å². The van der Waals surface area contributed by atoms with Crippen molar-refractivity contribution in [3.05, 3.63) is 96.8 Å². The van der Waals surface area contributed by atoms with Crippen LogP contribution in [0.5, 0.6) is 0 Å².